The molecule has 0 radical (unpaired) electrons. The van der Waals surface area contributed by atoms with Crippen molar-refractivity contribution in [2.24, 2.45) is 0 Å². The van der Waals surface area contributed by atoms with E-state index in [2.05, 4.69) is 69.7 Å². The van der Waals surface area contributed by atoms with E-state index >= 15 is 0 Å². The van der Waals surface area contributed by atoms with Gasteiger partial charge >= 0.3 is 0 Å². The monoisotopic (exact) mass is 556 g/mol. The number of ether oxygens (including phenoxy) is 2. The van der Waals surface area contributed by atoms with Crippen LogP contribution in [-0.4, -0.2) is 61.5 Å². The van der Waals surface area contributed by atoms with E-state index < -0.39 is 5.41 Å². The standard InChI is InChI=1S/C32H32N4O3.ClH/c1-35-30-12-9-24(38-2)18-26(30)32(31(35)37)19-27(32)23-8-10-25-28(33-34-29(25)17-23)11-7-21-3-5-22(6-4-21)20-36-13-15-39-16-14-36;/h3-12,17-18,27H,13-16,19-20H2,1-2H3,(H,33,34);1H/b11-7+;/t27-,32-;/m0./s1. The van der Waals surface area contributed by atoms with Crippen LogP contribution < -0.4 is 9.64 Å². The van der Waals surface area contributed by atoms with Crippen LogP contribution >= 0.6 is 12.4 Å². The molecule has 206 valence electrons. The molecule has 7 rings (SSSR count). The van der Waals surface area contributed by atoms with E-state index in [-0.39, 0.29) is 24.2 Å². The van der Waals surface area contributed by atoms with Gasteiger partial charge in [-0.15, -0.1) is 12.4 Å². The van der Waals surface area contributed by atoms with Gasteiger partial charge in [0, 0.05) is 43.7 Å². The molecule has 2 fully saturated rings. The summed E-state index contributed by atoms with van der Waals surface area (Å²) in [6.45, 7) is 4.59. The zero-order valence-corrected chi connectivity index (χ0v) is 23.5. The number of likely N-dealkylation sites (N-methyl/N-ethyl adjacent to an activating group) is 1. The first-order valence-electron chi connectivity index (χ1n) is 13.6. The van der Waals surface area contributed by atoms with Gasteiger partial charge in [-0.2, -0.15) is 5.10 Å². The van der Waals surface area contributed by atoms with Crippen molar-refractivity contribution in [3.63, 3.8) is 0 Å². The summed E-state index contributed by atoms with van der Waals surface area (Å²) in [4.78, 5) is 17.6. The van der Waals surface area contributed by atoms with Crippen molar-refractivity contribution >= 4 is 47.1 Å². The number of anilines is 1. The third-order valence-electron chi connectivity index (χ3n) is 8.63. The summed E-state index contributed by atoms with van der Waals surface area (Å²) < 4.78 is 10.9. The first-order chi connectivity index (χ1) is 19.1. The van der Waals surface area contributed by atoms with Crippen molar-refractivity contribution in [2.45, 2.75) is 24.3 Å². The SMILES string of the molecule is COc1ccc2c(c1)[C@]1(C[C@H]1c1ccc3c(/C=C/c4ccc(CN5CCOCC5)cc4)n[nH]c3c1)C(=O)N2C.Cl. The van der Waals surface area contributed by atoms with Crippen LogP contribution in [0.25, 0.3) is 23.1 Å². The number of morpholine rings is 1. The number of hydrogen-bond acceptors (Lipinski definition) is 5. The van der Waals surface area contributed by atoms with E-state index in [0.717, 1.165) is 84.0 Å². The van der Waals surface area contributed by atoms with E-state index in [9.17, 15) is 4.79 Å². The second kappa shape index (κ2) is 10.4. The minimum Gasteiger partial charge on any atom is -0.497 e. The fourth-order valence-corrected chi connectivity index (χ4v) is 6.34. The molecule has 1 aliphatic carbocycles. The summed E-state index contributed by atoms with van der Waals surface area (Å²) in [6, 6.07) is 21.1. The van der Waals surface area contributed by atoms with Crippen LogP contribution in [0.4, 0.5) is 5.69 Å². The number of benzene rings is 3. The Kier molecular flexibility index (Phi) is 6.90. The summed E-state index contributed by atoms with van der Waals surface area (Å²) >= 11 is 0. The number of carbonyl (C=O) groups is 1. The second-order valence-electron chi connectivity index (χ2n) is 10.9. The molecule has 1 saturated heterocycles. The van der Waals surface area contributed by atoms with Crippen LogP contribution in [0.15, 0.2) is 60.7 Å². The number of methoxy groups -OCH3 is 1. The lowest BCUT2D eigenvalue weighted by Crippen LogP contribution is -2.35. The number of nitrogens with one attached hydrogen (secondary N) is 1. The Bertz CT molecular complexity index is 1590. The number of rotatable bonds is 6. The zero-order chi connectivity index (χ0) is 26.6. The number of H-pyrrole nitrogens is 1. The molecule has 7 nitrogen and oxygen atoms in total. The smallest absolute Gasteiger partial charge is 0.238 e. The van der Waals surface area contributed by atoms with Gasteiger partial charge in [0.25, 0.3) is 0 Å². The Morgan fingerprint density at radius 1 is 1.07 bits per heavy atom. The summed E-state index contributed by atoms with van der Waals surface area (Å²) in [5, 5.41) is 8.86. The number of hydrogen-bond donors (Lipinski definition) is 1. The Morgan fingerprint density at radius 2 is 1.88 bits per heavy atom. The maximum atomic E-state index is 13.4. The molecule has 1 saturated carbocycles. The van der Waals surface area contributed by atoms with Gasteiger partial charge in [0.15, 0.2) is 0 Å². The molecule has 40 heavy (non-hydrogen) atoms. The molecular formula is C32H33ClN4O3. The fourth-order valence-electron chi connectivity index (χ4n) is 6.34. The third kappa shape index (κ3) is 4.38. The van der Waals surface area contributed by atoms with E-state index in [0.29, 0.717) is 0 Å². The molecule has 8 heteroatoms. The lowest BCUT2D eigenvalue weighted by molar-refractivity contribution is -0.120. The first kappa shape index (κ1) is 26.6. The lowest BCUT2D eigenvalue weighted by Gasteiger charge is -2.26. The molecule has 3 aliphatic rings. The third-order valence-corrected chi connectivity index (χ3v) is 8.63. The maximum Gasteiger partial charge on any atom is 0.238 e. The highest BCUT2D eigenvalue weighted by Crippen LogP contribution is 2.66. The molecule has 1 amide bonds. The Morgan fingerprint density at radius 3 is 2.65 bits per heavy atom. The van der Waals surface area contributed by atoms with Gasteiger partial charge in [0.05, 0.1) is 36.9 Å². The predicted molar refractivity (Wildman–Crippen MR) is 160 cm³/mol. The second-order valence-corrected chi connectivity index (χ2v) is 10.9. The van der Waals surface area contributed by atoms with E-state index in [1.165, 1.54) is 5.56 Å². The van der Waals surface area contributed by atoms with Crippen LogP contribution in [0.3, 0.4) is 0 Å². The van der Waals surface area contributed by atoms with Crippen molar-refractivity contribution in [3.05, 3.63) is 88.6 Å². The molecule has 1 spiro atoms. The summed E-state index contributed by atoms with van der Waals surface area (Å²) in [7, 11) is 3.53. The number of amides is 1. The molecule has 4 aromatic rings. The van der Waals surface area contributed by atoms with E-state index in [1.54, 1.807) is 12.0 Å². The van der Waals surface area contributed by atoms with Crippen LogP contribution in [0.5, 0.6) is 5.75 Å². The highest BCUT2D eigenvalue weighted by atomic mass is 35.5. The average Bonchev–Trinajstić information content (AvgIpc) is 3.56. The molecule has 1 N–H and O–H groups in total. The van der Waals surface area contributed by atoms with Gasteiger partial charge in [0.2, 0.25) is 5.91 Å². The van der Waals surface area contributed by atoms with Crippen LogP contribution in [0.2, 0.25) is 0 Å². The number of aromatic amines is 1. The van der Waals surface area contributed by atoms with Crippen LogP contribution in [-0.2, 0) is 21.5 Å². The van der Waals surface area contributed by atoms with Crippen LogP contribution in [0.1, 0.15) is 40.3 Å². The van der Waals surface area contributed by atoms with Gasteiger partial charge in [-0.1, -0.05) is 42.5 Å². The number of nitrogens with zero attached hydrogens (tertiary/aromatic N) is 3. The highest BCUT2D eigenvalue weighted by Gasteiger charge is 2.66. The highest BCUT2D eigenvalue weighted by molar-refractivity contribution is 6.11. The fraction of sp³-hybridized carbons (Fsp3) is 0.312. The van der Waals surface area contributed by atoms with Crippen LogP contribution in [0, 0.1) is 0 Å². The minimum absolute atomic E-state index is 0. The number of fused-ring (bicyclic) bond motifs is 3. The Balaban J connectivity index is 0.00000289. The average molecular weight is 557 g/mol. The normalized spacial score (nSPS) is 22.2. The van der Waals surface area contributed by atoms with E-state index in [4.69, 9.17) is 9.47 Å². The van der Waals surface area contributed by atoms with E-state index in [1.807, 2.05) is 25.2 Å². The summed E-state index contributed by atoms with van der Waals surface area (Å²) in [5.74, 6) is 1.09. The molecule has 0 unspecified atom stereocenters. The summed E-state index contributed by atoms with van der Waals surface area (Å²) in [5.41, 5.74) is 7.07. The molecule has 1 aromatic heterocycles. The number of carbonyl (C=O) groups excluding carboxylic acids is 1. The Hall–Kier alpha value is -3.65. The quantitative estimate of drug-likeness (QED) is 0.344. The van der Waals surface area contributed by atoms with Crippen molar-refractivity contribution in [2.75, 3.05) is 45.4 Å². The van der Waals surface area contributed by atoms with Crippen molar-refractivity contribution in [1.82, 2.24) is 15.1 Å². The predicted octanol–water partition coefficient (Wildman–Crippen LogP) is 5.40. The van der Waals surface area contributed by atoms with Gasteiger partial charge in [-0.3, -0.25) is 14.8 Å². The molecular weight excluding hydrogens is 524 g/mol. The van der Waals surface area contributed by atoms with Gasteiger partial charge < -0.3 is 14.4 Å². The van der Waals surface area contributed by atoms with Crippen molar-refractivity contribution < 1.29 is 14.3 Å². The first-order valence-corrected chi connectivity index (χ1v) is 13.6. The number of aromatic nitrogens is 2. The van der Waals surface area contributed by atoms with Crippen molar-refractivity contribution in [3.8, 4) is 5.75 Å². The molecule has 3 heterocycles. The number of halogens is 1. The maximum absolute atomic E-state index is 13.4. The summed E-state index contributed by atoms with van der Waals surface area (Å²) in [6.07, 6.45) is 4.98. The van der Waals surface area contributed by atoms with Gasteiger partial charge in [-0.25, -0.2) is 0 Å². The molecule has 2 aliphatic heterocycles. The largest absolute Gasteiger partial charge is 0.497 e. The zero-order valence-electron chi connectivity index (χ0n) is 22.7. The molecule has 3 aromatic carbocycles. The molecule has 2 atom stereocenters. The van der Waals surface area contributed by atoms with Crippen molar-refractivity contribution in [1.29, 1.82) is 0 Å². The Labute approximate surface area is 240 Å². The van der Waals surface area contributed by atoms with Gasteiger partial charge in [-0.05, 0) is 59.0 Å². The molecule has 0 bridgehead atoms. The topological polar surface area (TPSA) is 70.7 Å². The minimum atomic E-state index is -0.497. The van der Waals surface area contributed by atoms with Gasteiger partial charge in [0.1, 0.15) is 5.75 Å². The lowest BCUT2D eigenvalue weighted by atomic mass is 9.91.